The van der Waals surface area contributed by atoms with Crippen molar-refractivity contribution in [2.75, 3.05) is 0 Å². The second kappa shape index (κ2) is 3.95. The highest BCUT2D eigenvalue weighted by molar-refractivity contribution is 7.83. The third kappa shape index (κ3) is 2.74. The van der Waals surface area contributed by atoms with Crippen molar-refractivity contribution in [3.63, 3.8) is 0 Å². The second-order valence-corrected chi connectivity index (χ2v) is 10.1. The van der Waals surface area contributed by atoms with Crippen LogP contribution in [0.5, 0.6) is 0 Å². The Balaban J connectivity index is 2.68. The molecule has 0 aromatic carbocycles. The lowest BCUT2D eigenvalue weighted by atomic mass is 10.0. The largest absolute Gasteiger partial charge is 0.411 e. The van der Waals surface area contributed by atoms with Gasteiger partial charge < -0.3 is 4.43 Å². The van der Waals surface area contributed by atoms with Crippen LogP contribution < -0.4 is 0 Å². The monoisotopic (exact) mass is 218 g/mol. The number of hydrogen-bond acceptors (Lipinski definition) is 2. The van der Waals surface area contributed by atoms with Crippen molar-refractivity contribution in [1.29, 1.82) is 0 Å². The van der Waals surface area contributed by atoms with Crippen LogP contribution in [0.4, 0.5) is 0 Å². The first-order valence-corrected chi connectivity index (χ1v) is 8.49. The lowest BCUT2D eigenvalue weighted by Crippen LogP contribution is -2.53. The quantitative estimate of drug-likeness (QED) is 0.552. The predicted octanol–water partition coefficient (Wildman–Crippen LogP) is 3.40. The average molecular weight is 218 g/mol. The first kappa shape index (κ1) is 11.6. The topological polar surface area (TPSA) is 9.23 Å². The molecule has 1 aliphatic rings. The van der Waals surface area contributed by atoms with E-state index in [-0.39, 0.29) is 5.60 Å². The van der Waals surface area contributed by atoms with Crippen molar-refractivity contribution >= 4 is 20.9 Å². The Bertz CT molecular complexity index is 184. The summed E-state index contributed by atoms with van der Waals surface area (Å²) in [6, 6.07) is 1.29. The molecule has 2 atom stereocenters. The minimum absolute atomic E-state index is 0.107. The van der Waals surface area contributed by atoms with E-state index in [1.54, 1.807) is 0 Å². The predicted molar refractivity (Wildman–Crippen MR) is 63.9 cm³/mol. The van der Waals surface area contributed by atoms with Crippen LogP contribution in [0, 0.1) is 0 Å². The van der Waals surface area contributed by atoms with Gasteiger partial charge in [0.15, 0.2) is 0 Å². The molecule has 0 aromatic rings. The van der Waals surface area contributed by atoms with E-state index in [2.05, 4.69) is 39.9 Å². The van der Waals surface area contributed by atoms with Crippen LogP contribution >= 0.6 is 12.6 Å². The molecule has 0 spiro atoms. The maximum Gasteiger partial charge on any atom is 0.202 e. The lowest BCUT2D eigenvalue weighted by molar-refractivity contribution is 0.0693. The van der Waals surface area contributed by atoms with Crippen molar-refractivity contribution in [3.05, 3.63) is 0 Å². The Labute approximate surface area is 88.8 Å². The van der Waals surface area contributed by atoms with E-state index in [0.29, 0.717) is 4.87 Å². The normalized spacial score (nSPS) is 35.8. The summed E-state index contributed by atoms with van der Waals surface area (Å²) in [5.74, 6) is 0. The molecule has 0 saturated carbocycles. The van der Waals surface area contributed by atoms with E-state index >= 15 is 0 Å². The van der Waals surface area contributed by atoms with Crippen molar-refractivity contribution in [1.82, 2.24) is 0 Å². The van der Waals surface area contributed by atoms with Gasteiger partial charge in [0.1, 0.15) is 0 Å². The molecule has 0 bridgehead atoms. The van der Waals surface area contributed by atoms with Crippen LogP contribution in [0.2, 0.25) is 12.6 Å². The van der Waals surface area contributed by atoms with Gasteiger partial charge in [-0.25, -0.2) is 0 Å². The summed E-state index contributed by atoms with van der Waals surface area (Å²) in [5, 5.41) is 0. The first-order chi connectivity index (χ1) is 5.90. The van der Waals surface area contributed by atoms with E-state index in [9.17, 15) is 0 Å². The Morgan fingerprint density at radius 2 is 2.15 bits per heavy atom. The summed E-state index contributed by atoms with van der Waals surface area (Å²) in [5.41, 5.74) is 0.107. The summed E-state index contributed by atoms with van der Waals surface area (Å²) < 4.78 is 6.28. The summed E-state index contributed by atoms with van der Waals surface area (Å²) in [6.07, 6.45) is 3.68. The zero-order chi connectivity index (χ0) is 10.1. The van der Waals surface area contributed by atoms with Crippen LogP contribution in [-0.2, 0) is 4.43 Å². The number of thiol groups is 1. The van der Waals surface area contributed by atoms with Gasteiger partial charge in [-0.1, -0.05) is 13.3 Å². The van der Waals surface area contributed by atoms with Crippen LogP contribution in [0.3, 0.4) is 0 Å². The highest BCUT2D eigenvalue weighted by Gasteiger charge is 2.43. The summed E-state index contributed by atoms with van der Waals surface area (Å²) in [6.45, 7) is 8.98. The molecule has 78 valence electrons. The fourth-order valence-electron chi connectivity index (χ4n) is 2.26. The minimum atomic E-state index is -1.51. The summed E-state index contributed by atoms with van der Waals surface area (Å²) >= 11 is 4.67. The molecule has 1 fully saturated rings. The third-order valence-electron chi connectivity index (χ3n) is 3.05. The molecule has 13 heavy (non-hydrogen) atoms. The molecule has 0 N–H and O–H groups in total. The summed E-state index contributed by atoms with van der Waals surface area (Å²) in [4.78, 5) is 0.507. The minimum Gasteiger partial charge on any atom is -0.411 e. The molecular formula is C10H22OSSi. The molecule has 1 aliphatic heterocycles. The van der Waals surface area contributed by atoms with E-state index in [1.807, 2.05) is 0 Å². The highest BCUT2D eigenvalue weighted by atomic mass is 32.1. The highest BCUT2D eigenvalue weighted by Crippen LogP contribution is 2.37. The van der Waals surface area contributed by atoms with Gasteiger partial charge in [0, 0.05) is 4.87 Å². The van der Waals surface area contributed by atoms with Crippen molar-refractivity contribution in [3.8, 4) is 0 Å². The van der Waals surface area contributed by atoms with Gasteiger partial charge in [0.25, 0.3) is 0 Å². The van der Waals surface area contributed by atoms with Crippen LogP contribution in [0.1, 0.15) is 40.0 Å². The molecule has 1 heterocycles. The van der Waals surface area contributed by atoms with Crippen molar-refractivity contribution in [2.24, 2.45) is 0 Å². The molecule has 0 amide bonds. The SMILES string of the molecule is CCC(S)[Si]1(C)CCCC(C)(C)O1. The number of hydrogen-bond donors (Lipinski definition) is 1. The van der Waals surface area contributed by atoms with Gasteiger partial charge in [-0.05, 0) is 39.3 Å². The zero-order valence-corrected chi connectivity index (χ0v) is 11.2. The molecule has 0 radical (unpaired) electrons. The van der Waals surface area contributed by atoms with Crippen molar-refractivity contribution < 1.29 is 4.43 Å². The van der Waals surface area contributed by atoms with E-state index < -0.39 is 8.32 Å². The lowest BCUT2D eigenvalue weighted by Gasteiger charge is -2.44. The van der Waals surface area contributed by atoms with Gasteiger partial charge in [-0.3, -0.25) is 0 Å². The van der Waals surface area contributed by atoms with Crippen molar-refractivity contribution in [2.45, 2.75) is 63.1 Å². The maximum atomic E-state index is 6.28. The maximum absolute atomic E-state index is 6.28. The zero-order valence-electron chi connectivity index (χ0n) is 9.26. The van der Waals surface area contributed by atoms with Crippen LogP contribution in [-0.4, -0.2) is 18.8 Å². The van der Waals surface area contributed by atoms with E-state index in [1.165, 1.54) is 18.9 Å². The molecular weight excluding hydrogens is 196 g/mol. The summed E-state index contributed by atoms with van der Waals surface area (Å²) in [7, 11) is -1.51. The fourth-order valence-corrected chi connectivity index (χ4v) is 6.49. The second-order valence-electron chi connectivity index (χ2n) is 4.95. The third-order valence-corrected chi connectivity index (χ3v) is 9.24. The Hall–Kier alpha value is 0.527. The van der Waals surface area contributed by atoms with E-state index in [4.69, 9.17) is 4.43 Å². The standard InChI is InChI=1S/C10H22OSSi/c1-5-9(12)13(4)8-6-7-10(2,3)11-13/h9,12H,5-8H2,1-4H3. The van der Waals surface area contributed by atoms with Gasteiger partial charge >= 0.3 is 0 Å². The molecule has 0 aromatic heterocycles. The fraction of sp³-hybridized carbons (Fsp3) is 1.00. The molecule has 1 saturated heterocycles. The van der Waals surface area contributed by atoms with Gasteiger partial charge in [-0.15, -0.1) is 0 Å². The van der Waals surface area contributed by atoms with E-state index in [0.717, 1.165) is 6.42 Å². The van der Waals surface area contributed by atoms with Gasteiger partial charge in [0.05, 0.1) is 5.60 Å². The van der Waals surface area contributed by atoms with Gasteiger partial charge in [0.2, 0.25) is 8.32 Å². The Kier molecular flexibility index (Phi) is 3.53. The Morgan fingerprint density at radius 1 is 1.54 bits per heavy atom. The smallest absolute Gasteiger partial charge is 0.202 e. The Morgan fingerprint density at radius 3 is 2.62 bits per heavy atom. The molecule has 3 heteroatoms. The van der Waals surface area contributed by atoms with Crippen LogP contribution in [0.15, 0.2) is 0 Å². The first-order valence-electron chi connectivity index (χ1n) is 5.28. The molecule has 1 rings (SSSR count). The molecule has 2 unspecified atom stereocenters. The average Bonchev–Trinajstić information content (AvgIpc) is 2.00. The molecule has 0 aliphatic carbocycles. The van der Waals surface area contributed by atoms with Crippen LogP contribution in [0.25, 0.3) is 0 Å². The number of rotatable bonds is 2. The molecule has 1 nitrogen and oxygen atoms in total. The van der Waals surface area contributed by atoms with Gasteiger partial charge in [-0.2, -0.15) is 12.6 Å².